The van der Waals surface area contributed by atoms with Crippen molar-refractivity contribution < 1.29 is 19.0 Å². The van der Waals surface area contributed by atoms with Gasteiger partial charge in [-0.05, 0) is 32.9 Å². The molecule has 1 aromatic carbocycles. The number of hydrazone groups is 1. The average molecular weight is 363 g/mol. The van der Waals surface area contributed by atoms with Crippen molar-refractivity contribution in [2.45, 2.75) is 20.8 Å². The zero-order valence-electron chi connectivity index (χ0n) is 14.7. The number of para-hydroxylation sites is 1. The molecule has 0 aliphatic rings. The molecule has 0 unspecified atom stereocenters. The predicted molar refractivity (Wildman–Crippen MR) is 98.2 cm³/mol. The van der Waals surface area contributed by atoms with Crippen LogP contribution >= 0.6 is 11.3 Å². The molecule has 0 aliphatic heterocycles. The van der Waals surface area contributed by atoms with Gasteiger partial charge < -0.3 is 14.2 Å². The normalized spacial score (nSPS) is 10.7. The minimum Gasteiger partial charge on any atom is -0.493 e. The number of thiazole rings is 1. The van der Waals surface area contributed by atoms with Crippen molar-refractivity contribution in [3.63, 3.8) is 0 Å². The number of aryl methyl sites for hydroxylation is 1. The Labute approximate surface area is 150 Å². The van der Waals surface area contributed by atoms with Crippen molar-refractivity contribution in [3.8, 4) is 11.5 Å². The van der Waals surface area contributed by atoms with Crippen molar-refractivity contribution >= 4 is 28.7 Å². The fourth-order valence-corrected chi connectivity index (χ4v) is 2.89. The summed E-state index contributed by atoms with van der Waals surface area (Å²) < 4.78 is 15.9. The lowest BCUT2D eigenvalue weighted by Crippen LogP contribution is -2.03. The Bertz CT molecular complexity index is 758. The van der Waals surface area contributed by atoms with Crippen LogP contribution in [0.3, 0.4) is 0 Å². The molecule has 0 saturated carbocycles. The molecule has 0 saturated heterocycles. The summed E-state index contributed by atoms with van der Waals surface area (Å²) in [6, 6.07) is 5.55. The van der Waals surface area contributed by atoms with E-state index < -0.39 is 0 Å². The van der Waals surface area contributed by atoms with Crippen LogP contribution in [-0.2, 0) is 4.74 Å². The number of benzene rings is 1. The van der Waals surface area contributed by atoms with Gasteiger partial charge in [0.25, 0.3) is 0 Å². The molecule has 25 heavy (non-hydrogen) atoms. The van der Waals surface area contributed by atoms with Gasteiger partial charge in [0.1, 0.15) is 4.88 Å². The first-order valence-corrected chi connectivity index (χ1v) is 8.65. The lowest BCUT2D eigenvalue weighted by atomic mass is 10.2. The summed E-state index contributed by atoms with van der Waals surface area (Å²) in [4.78, 5) is 16.6. The minimum absolute atomic E-state index is 0.327. The zero-order chi connectivity index (χ0) is 18.2. The first-order valence-electron chi connectivity index (χ1n) is 7.84. The van der Waals surface area contributed by atoms with Gasteiger partial charge in [0.2, 0.25) is 5.13 Å². The number of anilines is 1. The molecule has 0 amide bonds. The van der Waals surface area contributed by atoms with Crippen molar-refractivity contribution in [3.05, 3.63) is 34.3 Å². The number of hydrogen-bond acceptors (Lipinski definition) is 8. The third kappa shape index (κ3) is 4.69. The van der Waals surface area contributed by atoms with Crippen molar-refractivity contribution in [2.24, 2.45) is 5.10 Å². The van der Waals surface area contributed by atoms with Gasteiger partial charge in [-0.2, -0.15) is 5.10 Å². The molecular weight excluding hydrogens is 342 g/mol. The van der Waals surface area contributed by atoms with Gasteiger partial charge in [-0.15, -0.1) is 0 Å². The molecule has 1 heterocycles. The van der Waals surface area contributed by atoms with Crippen molar-refractivity contribution in [1.29, 1.82) is 0 Å². The second kappa shape index (κ2) is 9.03. The molecule has 0 bridgehead atoms. The first kappa shape index (κ1) is 18.7. The van der Waals surface area contributed by atoms with E-state index in [9.17, 15) is 4.79 Å². The van der Waals surface area contributed by atoms with E-state index in [1.54, 1.807) is 27.2 Å². The number of methoxy groups -OCH3 is 1. The highest BCUT2D eigenvalue weighted by molar-refractivity contribution is 7.17. The highest BCUT2D eigenvalue weighted by Gasteiger charge is 2.16. The smallest absolute Gasteiger partial charge is 0.350 e. The van der Waals surface area contributed by atoms with Crippen LogP contribution < -0.4 is 14.9 Å². The molecule has 1 aromatic heterocycles. The second-order valence-electron chi connectivity index (χ2n) is 4.84. The third-order valence-corrected chi connectivity index (χ3v) is 4.18. The van der Waals surface area contributed by atoms with Crippen LogP contribution in [0.4, 0.5) is 5.13 Å². The van der Waals surface area contributed by atoms with Gasteiger partial charge in [-0.25, -0.2) is 9.78 Å². The molecule has 0 spiro atoms. The fraction of sp³-hybridized carbons (Fsp3) is 0.353. The number of aromatic nitrogens is 1. The lowest BCUT2D eigenvalue weighted by molar-refractivity contribution is 0.0531. The SMILES string of the molecule is CCOC(=O)c1sc(N/N=C\c2cccc(OC)c2OCC)nc1C. The molecular formula is C17H21N3O4S. The Hall–Kier alpha value is -2.61. The number of hydrogen-bond donors (Lipinski definition) is 1. The Balaban J connectivity index is 2.14. The summed E-state index contributed by atoms with van der Waals surface area (Å²) in [5.41, 5.74) is 4.21. The Morgan fingerprint density at radius 2 is 2.16 bits per heavy atom. The second-order valence-corrected chi connectivity index (χ2v) is 5.83. The average Bonchev–Trinajstić information content (AvgIpc) is 2.97. The highest BCUT2D eigenvalue weighted by atomic mass is 32.1. The molecule has 2 rings (SSSR count). The zero-order valence-corrected chi connectivity index (χ0v) is 15.5. The van der Waals surface area contributed by atoms with Gasteiger partial charge in [0.05, 0.1) is 32.2 Å². The van der Waals surface area contributed by atoms with E-state index in [4.69, 9.17) is 14.2 Å². The van der Waals surface area contributed by atoms with Crippen molar-refractivity contribution in [2.75, 3.05) is 25.7 Å². The molecule has 0 fully saturated rings. The molecule has 1 N–H and O–H groups in total. The van der Waals surface area contributed by atoms with Crippen LogP contribution in [0.25, 0.3) is 0 Å². The number of nitrogens with zero attached hydrogens (tertiary/aromatic N) is 2. The maximum absolute atomic E-state index is 11.8. The number of carbonyl (C=O) groups is 1. The number of nitrogens with one attached hydrogen (secondary N) is 1. The van der Waals surface area contributed by atoms with Gasteiger partial charge in [0.15, 0.2) is 11.5 Å². The number of esters is 1. The van der Waals surface area contributed by atoms with E-state index in [1.807, 2.05) is 25.1 Å². The Morgan fingerprint density at radius 1 is 1.36 bits per heavy atom. The monoisotopic (exact) mass is 363 g/mol. The summed E-state index contributed by atoms with van der Waals surface area (Å²) in [5, 5.41) is 4.69. The standard InChI is InChI=1S/C17H21N3O4S/c1-5-23-14-12(8-7-9-13(14)22-4)10-18-20-17-19-11(3)15(25-17)16(21)24-6-2/h7-10H,5-6H2,1-4H3,(H,19,20)/b18-10-. The van der Waals surface area contributed by atoms with Crippen LogP contribution in [0.5, 0.6) is 11.5 Å². The molecule has 0 atom stereocenters. The Morgan fingerprint density at radius 3 is 2.84 bits per heavy atom. The van der Waals surface area contributed by atoms with E-state index in [0.717, 1.165) is 5.56 Å². The quantitative estimate of drug-likeness (QED) is 0.439. The van der Waals surface area contributed by atoms with Crippen molar-refractivity contribution in [1.82, 2.24) is 4.98 Å². The topological polar surface area (TPSA) is 82.0 Å². The van der Waals surface area contributed by atoms with Gasteiger partial charge in [-0.1, -0.05) is 17.4 Å². The summed E-state index contributed by atoms with van der Waals surface area (Å²) in [5.74, 6) is 0.891. The van der Waals surface area contributed by atoms with Crippen LogP contribution in [0.15, 0.2) is 23.3 Å². The van der Waals surface area contributed by atoms with E-state index in [0.29, 0.717) is 40.4 Å². The molecule has 7 nitrogen and oxygen atoms in total. The number of carbonyl (C=O) groups excluding carboxylic acids is 1. The molecule has 8 heteroatoms. The highest BCUT2D eigenvalue weighted by Crippen LogP contribution is 2.30. The summed E-state index contributed by atoms with van der Waals surface area (Å²) in [6.07, 6.45) is 1.62. The third-order valence-electron chi connectivity index (χ3n) is 3.14. The molecule has 134 valence electrons. The van der Waals surface area contributed by atoms with Crippen LogP contribution in [0.1, 0.15) is 34.8 Å². The largest absolute Gasteiger partial charge is 0.493 e. The number of ether oxygens (including phenoxy) is 3. The van der Waals surface area contributed by atoms with Gasteiger partial charge in [0, 0.05) is 5.56 Å². The van der Waals surface area contributed by atoms with E-state index in [-0.39, 0.29) is 5.97 Å². The number of rotatable bonds is 8. The summed E-state index contributed by atoms with van der Waals surface area (Å²) >= 11 is 1.20. The van der Waals surface area contributed by atoms with Crippen LogP contribution in [0.2, 0.25) is 0 Å². The predicted octanol–water partition coefficient (Wildman–Crippen LogP) is 3.48. The molecule has 2 aromatic rings. The maximum atomic E-state index is 11.8. The fourth-order valence-electron chi connectivity index (χ4n) is 2.08. The lowest BCUT2D eigenvalue weighted by Gasteiger charge is -2.11. The van der Waals surface area contributed by atoms with Crippen LogP contribution in [-0.4, -0.2) is 37.5 Å². The first-order chi connectivity index (χ1) is 12.1. The van der Waals surface area contributed by atoms with E-state index >= 15 is 0 Å². The molecule has 0 radical (unpaired) electrons. The summed E-state index contributed by atoms with van der Waals surface area (Å²) in [6.45, 7) is 6.27. The van der Waals surface area contributed by atoms with Crippen LogP contribution in [0, 0.1) is 6.92 Å². The molecule has 0 aliphatic carbocycles. The van der Waals surface area contributed by atoms with Gasteiger partial charge in [-0.3, -0.25) is 5.43 Å². The summed E-state index contributed by atoms with van der Waals surface area (Å²) in [7, 11) is 1.59. The maximum Gasteiger partial charge on any atom is 0.350 e. The van der Waals surface area contributed by atoms with E-state index in [2.05, 4.69) is 15.5 Å². The van der Waals surface area contributed by atoms with E-state index in [1.165, 1.54) is 11.3 Å². The minimum atomic E-state index is -0.374. The Kier molecular flexibility index (Phi) is 6.76. The van der Waals surface area contributed by atoms with Gasteiger partial charge >= 0.3 is 5.97 Å².